The fraction of sp³-hybridized carbons (Fsp3) is 1.00. The molecule has 0 aliphatic heterocycles. The van der Waals surface area contributed by atoms with Crippen LogP contribution >= 0.6 is 9.24 Å². The third-order valence-electron chi connectivity index (χ3n) is 2.56. The van der Waals surface area contributed by atoms with Crippen LogP contribution < -0.4 is 0 Å². The number of hydrogen-bond acceptors (Lipinski definition) is 0. The molecule has 3 atom stereocenters. The van der Waals surface area contributed by atoms with E-state index < -0.39 is 0 Å². The van der Waals surface area contributed by atoms with Crippen LogP contribution in [-0.4, -0.2) is 12.4 Å². The van der Waals surface area contributed by atoms with Crippen LogP contribution in [-0.2, 0) is 0 Å². The van der Waals surface area contributed by atoms with E-state index in [0.29, 0.717) is 0 Å². The van der Waals surface area contributed by atoms with Crippen molar-refractivity contribution in [2.75, 3.05) is 0 Å². The predicted octanol–water partition coefficient (Wildman–Crippen LogP) is 3.81. The molecule has 0 radical (unpaired) electrons. The van der Waals surface area contributed by atoms with Crippen molar-refractivity contribution in [1.82, 2.24) is 0 Å². The van der Waals surface area contributed by atoms with Gasteiger partial charge in [-0.05, 0) is 11.6 Å². The molecule has 2 heteroatoms. The van der Waals surface area contributed by atoms with E-state index in [-0.39, 0.29) is 0 Å². The first-order valence-corrected chi connectivity index (χ1v) is 5.85. The summed E-state index contributed by atoms with van der Waals surface area (Å²) in [6.07, 6.45) is 2.72. The number of rotatable bonds is 5. The molecule has 0 aromatic carbocycles. The summed E-state index contributed by atoms with van der Waals surface area (Å²) in [6, 6.07) is 0. The van der Waals surface area contributed by atoms with E-state index in [2.05, 4.69) is 43.8 Å². The Hall–Kier alpha value is 0.495. The van der Waals surface area contributed by atoms with Gasteiger partial charge in [0.05, 0.1) is 0 Å². The fourth-order valence-electron chi connectivity index (χ4n) is 1.79. The SMILES string of the molecule is CB(C[C@H](C)P)C(C)CC(C)C. The van der Waals surface area contributed by atoms with E-state index in [1.807, 2.05) is 0 Å². The van der Waals surface area contributed by atoms with Gasteiger partial charge in [0.2, 0.25) is 0 Å². The first-order valence-electron chi connectivity index (χ1n) is 5.19. The molecule has 0 heterocycles. The molecular formula is C10H24BP. The van der Waals surface area contributed by atoms with Crippen molar-refractivity contribution in [3.63, 3.8) is 0 Å². The van der Waals surface area contributed by atoms with Gasteiger partial charge in [-0.15, -0.1) is 9.24 Å². The standard InChI is InChI=1S/C10H24BP/c1-8(2)6-9(3)11(5)7-10(4)12/h8-10H,6-7,12H2,1-5H3/t9?,10-/m0/s1. The average molecular weight is 186 g/mol. The monoisotopic (exact) mass is 186 g/mol. The molecule has 0 aliphatic carbocycles. The van der Waals surface area contributed by atoms with Crippen molar-refractivity contribution >= 4 is 16.0 Å². The summed E-state index contributed by atoms with van der Waals surface area (Å²) in [5.41, 5.74) is 0.773. The summed E-state index contributed by atoms with van der Waals surface area (Å²) in [5, 5.41) is 0. The van der Waals surface area contributed by atoms with Crippen molar-refractivity contribution in [3.8, 4) is 0 Å². The lowest BCUT2D eigenvalue weighted by atomic mass is 9.40. The molecule has 0 nitrogen and oxygen atoms in total. The van der Waals surface area contributed by atoms with Crippen molar-refractivity contribution < 1.29 is 0 Å². The molecule has 0 rings (SSSR count). The second-order valence-corrected chi connectivity index (χ2v) is 5.94. The Morgan fingerprint density at radius 2 is 1.67 bits per heavy atom. The Labute approximate surface area is 81.2 Å². The minimum absolute atomic E-state index is 0.773. The molecule has 0 aliphatic rings. The first-order chi connectivity index (χ1) is 5.43. The molecule has 0 saturated heterocycles. The third-order valence-corrected chi connectivity index (χ3v) is 2.83. The molecule has 0 amide bonds. The Kier molecular flexibility index (Phi) is 6.27. The van der Waals surface area contributed by atoms with Crippen molar-refractivity contribution in [2.24, 2.45) is 5.92 Å². The van der Waals surface area contributed by atoms with Gasteiger partial charge in [0.25, 0.3) is 0 Å². The van der Waals surface area contributed by atoms with Crippen molar-refractivity contribution in [2.45, 2.75) is 58.7 Å². The topological polar surface area (TPSA) is 0 Å². The molecule has 0 spiro atoms. The third kappa shape index (κ3) is 6.06. The Morgan fingerprint density at radius 3 is 2.00 bits per heavy atom. The first kappa shape index (κ1) is 12.5. The summed E-state index contributed by atoms with van der Waals surface area (Å²) >= 11 is 0. The molecule has 0 saturated carbocycles. The lowest BCUT2D eigenvalue weighted by Crippen LogP contribution is -2.18. The molecule has 12 heavy (non-hydrogen) atoms. The zero-order chi connectivity index (χ0) is 9.72. The summed E-state index contributed by atoms with van der Waals surface area (Å²) in [5.74, 6) is 1.73. The highest BCUT2D eigenvalue weighted by molar-refractivity contribution is 7.17. The Bertz CT molecular complexity index is 98.4. The predicted molar refractivity (Wildman–Crippen MR) is 64.5 cm³/mol. The lowest BCUT2D eigenvalue weighted by molar-refractivity contribution is 0.568. The largest absolute Gasteiger partial charge is 0.140 e. The fourth-order valence-corrected chi connectivity index (χ4v) is 2.22. The summed E-state index contributed by atoms with van der Waals surface area (Å²) < 4.78 is 0. The van der Waals surface area contributed by atoms with Gasteiger partial charge in [-0.2, -0.15) is 0 Å². The van der Waals surface area contributed by atoms with Crippen LogP contribution in [0.25, 0.3) is 0 Å². The maximum Gasteiger partial charge on any atom is 0.140 e. The highest BCUT2D eigenvalue weighted by Gasteiger charge is 2.17. The van der Waals surface area contributed by atoms with Crippen LogP contribution in [0.15, 0.2) is 0 Å². The highest BCUT2D eigenvalue weighted by Crippen LogP contribution is 2.24. The Morgan fingerprint density at radius 1 is 1.17 bits per heavy atom. The highest BCUT2D eigenvalue weighted by atomic mass is 31.0. The van der Waals surface area contributed by atoms with Gasteiger partial charge in [0, 0.05) is 0 Å². The minimum atomic E-state index is 0.773. The normalized spacial score (nSPS) is 16.2. The smallest absolute Gasteiger partial charge is 0.135 e. The van der Waals surface area contributed by atoms with Gasteiger partial charge >= 0.3 is 0 Å². The van der Waals surface area contributed by atoms with Gasteiger partial charge in [-0.3, -0.25) is 0 Å². The van der Waals surface area contributed by atoms with Crippen LogP contribution in [0.1, 0.15) is 34.1 Å². The maximum atomic E-state index is 2.89. The van der Waals surface area contributed by atoms with E-state index in [0.717, 1.165) is 24.1 Å². The molecule has 0 aromatic rings. The van der Waals surface area contributed by atoms with E-state index in [1.54, 1.807) is 0 Å². The second kappa shape index (κ2) is 6.03. The van der Waals surface area contributed by atoms with Gasteiger partial charge in [0.1, 0.15) is 6.71 Å². The number of hydrogen-bond donors (Lipinski definition) is 0. The maximum absolute atomic E-state index is 2.89. The quantitative estimate of drug-likeness (QED) is 0.452. The molecule has 0 fully saturated rings. The van der Waals surface area contributed by atoms with Crippen LogP contribution in [0.3, 0.4) is 0 Å². The van der Waals surface area contributed by atoms with Crippen LogP contribution in [0.4, 0.5) is 0 Å². The molecule has 0 bridgehead atoms. The Balaban J connectivity index is 3.68. The van der Waals surface area contributed by atoms with Crippen molar-refractivity contribution in [3.05, 3.63) is 0 Å². The van der Waals surface area contributed by atoms with E-state index in [9.17, 15) is 0 Å². The van der Waals surface area contributed by atoms with Gasteiger partial charge in [-0.25, -0.2) is 0 Å². The van der Waals surface area contributed by atoms with E-state index >= 15 is 0 Å². The van der Waals surface area contributed by atoms with Crippen LogP contribution in [0.5, 0.6) is 0 Å². The zero-order valence-corrected chi connectivity index (χ0v) is 10.5. The minimum Gasteiger partial charge on any atom is -0.135 e. The van der Waals surface area contributed by atoms with Crippen molar-refractivity contribution in [1.29, 1.82) is 0 Å². The molecule has 0 aromatic heterocycles. The summed E-state index contributed by atoms with van der Waals surface area (Å²) in [4.78, 5) is 0. The van der Waals surface area contributed by atoms with Gasteiger partial charge in [0.15, 0.2) is 0 Å². The molecular weight excluding hydrogens is 162 g/mol. The van der Waals surface area contributed by atoms with E-state index in [4.69, 9.17) is 0 Å². The summed E-state index contributed by atoms with van der Waals surface area (Å²) in [7, 11) is 2.89. The van der Waals surface area contributed by atoms with Crippen LogP contribution in [0, 0.1) is 5.92 Å². The molecule has 2 unspecified atom stereocenters. The average Bonchev–Trinajstić information content (AvgIpc) is 1.84. The van der Waals surface area contributed by atoms with E-state index in [1.165, 1.54) is 12.7 Å². The van der Waals surface area contributed by atoms with Gasteiger partial charge in [-0.1, -0.05) is 53.1 Å². The lowest BCUT2D eigenvalue weighted by Gasteiger charge is -2.20. The van der Waals surface area contributed by atoms with Crippen LogP contribution in [0.2, 0.25) is 19.0 Å². The molecule has 72 valence electrons. The zero-order valence-electron chi connectivity index (χ0n) is 9.30. The molecule has 0 N–H and O–H groups in total. The van der Waals surface area contributed by atoms with Gasteiger partial charge < -0.3 is 0 Å². The second-order valence-electron chi connectivity index (χ2n) is 4.80. The summed E-state index contributed by atoms with van der Waals surface area (Å²) in [6.45, 7) is 12.6.